The zero-order valence-corrected chi connectivity index (χ0v) is 14.6. The quantitative estimate of drug-likeness (QED) is 0.910. The van der Waals surface area contributed by atoms with E-state index in [1.54, 1.807) is 0 Å². The Morgan fingerprint density at radius 2 is 2.00 bits per heavy atom. The first kappa shape index (κ1) is 17.1. The number of carbonyl (C=O) groups is 2. The topological polar surface area (TPSA) is 94.1 Å². The number of benzene rings is 1. The number of hydrogen-bond acceptors (Lipinski definition) is 4. The molecule has 1 fully saturated rings. The molecule has 1 aromatic heterocycles. The van der Waals surface area contributed by atoms with Crippen molar-refractivity contribution in [3.63, 3.8) is 0 Å². The van der Waals surface area contributed by atoms with Gasteiger partial charge >= 0.3 is 0 Å². The van der Waals surface area contributed by atoms with Crippen LogP contribution in [0, 0.1) is 5.41 Å². The van der Waals surface area contributed by atoms with Gasteiger partial charge in [0.1, 0.15) is 12.9 Å². The van der Waals surface area contributed by atoms with Crippen LogP contribution in [0.2, 0.25) is 0 Å². The monoisotopic (exact) mass is 341 g/mol. The number of piperidine rings is 1. The minimum atomic E-state index is -0.699. The lowest BCUT2D eigenvalue weighted by Crippen LogP contribution is -2.47. The van der Waals surface area contributed by atoms with Crippen LogP contribution < -0.4 is 5.73 Å². The highest BCUT2D eigenvalue weighted by Gasteiger charge is 2.37. The van der Waals surface area contributed by atoms with E-state index in [4.69, 9.17) is 5.73 Å². The fraction of sp³-hybridized carbons (Fsp3) is 0.444. The summed E-state index contributed by atoms with van der Waals surface area (Å²) in [7, 11) is 0. The molecule has 0 bridgehead atoms. The van der Waals surface area contributed by atoms with Gasteiger partial charge in [0.15, 0.2) is 0 Å². The van der Waals surface area contributed by atoms with Crippen LogP contribution in [-0.4, -0.2) is 44.6 Å². The molecule has 2 amide bonds. The van der Waals surface area contributed by atoms with Gasteiger partial charge in [-0.1, -0.05) is 44.2 Å². The molecule has 1 unspecified atom stereocenters. The second-order valence-electron chi connectivity index (χ2n) is 7.17. The molecule has 0 spiro atoms. The van der Waals surface area contributed by atoms with Gasteiger partial charge in [-0.2, -0.15) is 0 Å². The molecule has 132 valence electrons. The van der Waals surface area contributed by atoms with Crippen LogP contribution in [0.1, 0.15) is 42.4 Å². The van der Waals surface area contributed by atoms with E-state index in [2.05, 4.69) is 36.1 Å². The van der Waals surface area contributed by atoms with Gasteiger partial charge < -0.3 is 10.6 Å². The number of primary amides is 1. The van der Waals surface area contributed by atoms with E-state index in [9.17, 15) is 9.59 Å². The van der Waals surface area contributed by atoms with E-state index >= 15 is 0 Å². The van der Waals surface area contributed by atoms with E-state index in [0.717, 1.165) is 6.42 Å². The predicted molar refractivity (Wildman–Crippen MR) is 92.7 cm³/mol. The first-order valence-corrected chi connectivity index (χ1v) is 8.39. The van der Waals surface area contributed by atoms with Crippen LogP contribution in [0.15, 0.2) is 36.7 Å². The van der Waals surface area contributed by atoms with Crippen molar-refractivity contribution < 1.29 is 9.59 Å². The van der Waals surface area contributed by atoms with E-state index in [1.807, 2.05) is 23.1 Å². The molecule has 2 aromatic rings. The van der Waals surface area contributed by atoms with E-state index < -0.39 is 5.91 Å². The number of nitrogens with two attached hydrogens (primary N) is 1. The van der Waals surface area contributed by atoms with E-state index in [0.29, 0.717) is 13.1 Å². The van der Waals surface area contributed by atoms with Gasteiger partial charge in [0.2, 0.25) is 11.7 Å². The summed E-state index contributed by atoms with van der Waals surface area (Å²) in [5.74, 6) is -0.523. The predicted octanol–water partition coefficient (Wildman–Crippen LogP) is 1.42. The number of rotatable bonds is 4. The van der Waals surface area contributed by atoms with Crippen LogP contribution in [0.3, 0.4) is 0 Å². The van der Waals surface area contributed by atoms with Crippen LogP contribution in [0.4, 0.5) is 0 Å². The average Bonchev–Trinajstić information content (AvgIpc) is 3.04. The third-order valence-corrected chi connectivity index (χ3v) is 4.98. The molecule has 0 saturated carbocycles. The summed E-state index contributed by atoms with van der Waals surface area (Å²) < 4.78 is 1.36. The summed E-state index contributed by atoms with van der Waals surface area (Å²) in [6.45, 7) is 5.95. The molecular weight excluding hydrogens is 318 g/mol. The summed E-state index contributed by atoms with van der Waals surface area (Å²) in [6.07, 6.45) is 2.29. The van der Waals surface area contributed by atoms with Crippen molar-refractivity contribution in [2.24, 2.45) is 11.1 Å². The molecule has 1 aliphatic rings. The van der Waals surface area contributed by atoms with Crippen LogP contribution in [-0.2, 0) is 11.3 Å². The van der Waals surface area contributed by atoms with Crippen LogP contribution >= 0.6 is 0 Å². The maximum atomic E-state index is 12.7. The SMILES string of the molecule is CC1(C)CCN(C(=O)Cn2cnc(C(N)=O)n2)CC1c1ccccc1. The molecule has 2 N–H and O–H groups in total. The highest BCUT2D eigenvalue weighted by molar-refractivity contribution is 5.88. The first-order valence-electron chi connectivity index (χ1n) is 8.39. The van der Waals surface area contributed by atoms with Crippen molar-refractivity contribution in [2.45, 2.75) is 32.7 Å². The maximum Gasteiger partial charge on any atom is 0.288 e. The molecule has 3 rings (SSSR count). The lowest BCUT2D eigenvalue weighted by molar-refractivity contribution is -0.134. The minimum Gasteiger partial charge on any atom is -0.363 e. The Morgan fingerprint density at radius 3 is 2.64 bits per heavy atom. The fourth-order valence-corrected chi connectivity index (χ4v) is 3.35. The summed E-state index contributed by atoms with van der Waals surface area (Å²) in [5.41, 5.74) is 6.52. The van der Waals surface area contributed by atoms with Gasteiger partial charge in [-0.15, -0.1) is 5.10 Å². The van der Waals surface area contributed by atoms with Gasteiger partial charge in [0.05, 0.1) is 0 Å². The lowest BCUT2D eigenvalue weighted by atomic mass is 9.70. The van der Waals surface area contributed by atoms with Gasteiger partial charge in [-0.3, -0.25) is 9.59 Å². The number of carbonyl (C=O) groups excluding carboxylic acids is 2. The third-order valence-electron chi connectivity index (χ3n) is 4.98. The third kappa shape index (κ3) is 3.70. The Kier molecular flexibility index (Phi) is 4.57. The Bertz CT molecular complexity index is 769. The number of nitrogens with zero attached hydrogens (tertiary/aromatic N) is 4. The molecule has 7 heteroatoms. The molecule has 1 aliphatic heterocycles. The summed E-state index contributed by atoms with van der Waals surface area (Å²) in [4.78, 5) is 29.4. The van der Waals surface area contributed by atoms with E-state index in [1.165, 1.54) is 16.6 Å². The number of amides is 2. The Hall–Kier alpha value is -2.70. The van der Waals surface area contributed by atoms with Gasteiger partial charge in [0.25, 0.3) is 5.91 Å². The van der Waals surface area contributed by atoms with Crippen molar-refractivity contribution in [3.05, 3.63) is 48.0 Å². The molecule has 2 heterocycles. The van der Waals surface area contributed by atoms with Crippen LogP contribution in [0.25, 0.3) is 0 Å². The molecule has 0 aliphatic carbocycles. The molecule has 1 atom stereocenters. The summed E-state index contributed by atoms with van der Waals surface area (Å²) >= 11 is 0. The van der Waals surface area contributed by atoms with Crippen molar-refractivity contribution in [1.29, 1.82) is 0 Å². The maximum absolute atomic E-state index is 12.7. The minimum absolute atomic E-state index is 0.0302. The zero-order valence-electron chi connectivity index (χ0n) is 14.6. The fourth-order valence-electron chi connectivity index (χ4n) is 3.35. The average molecular weight is 341 g/mol. The molecule has 7 nitrogen and oxygen atoms in total. The Balaban J connectivity index is 1.72. The molecule has 1 saturated heterocycles. The van der Waals surface area contributed by atoms with Crippen molar-refractivity contribution in [1.82, 2.24) is 19.7 Å². The number of aromatic nitrogens is 3. The van der Waals surface area contributed by atoms with Crippen molar-refractivity contribution >= 4 is 11.8 Å². The molecular formula is C18H23N5O2. The van der Waals surface area contributed by atoms with Gasteiger partial charge in [-0.05, 0) is 17.4 Å². The lowest BCUT2D eigenvalue weighted by Gasteiger charge is -2.44. The second-order valence-corrected chi connectivity index (χ2v) is 7.17. The first-order chi connectivity index (χ1) is 11.9. The molecule has 0 radical (unpaired) electrons. The largest absolute Gasteiger partial charge is 0.363 e. The number of likely N-dealkylation sites (tertiary alicyclic amines) is 1. The summed E-state index contributed by atoms with van der Waals surface area (Å²) in [6, 6.07) is 10.3. The second kappa shape index (κ2) is 6.66. The van der Waals surface area contributed by atoms with Crippen LogP contribution in [0.5, 0.6) is 0 Å². The molecule has 25 heavy (non-hydrogen) atoms. The smallest absolute Gasteiger partial charge is 0.288 e. The normalized spacial score (nSPS) is 19.6. The number of hydrogen-bond donors (Lipinski definition) is 1. The van der Waals surface area contributed by atoms with Crippen molar-refractivity contribution in [3.8, 4) is 0 Å². The van der Waals surface area contributed by atoms with E-state index in [-0.39, 0.29) is 29.6 Å². The highest BCUT2D eigenvalue weighted by Crippen LogP contribution is 2.42. The Labute approximate surface area is 146 Å². The Morgan fingerprint density at radius 1 is 1.28 bits per heavy atom. The standard InChI is InChI=1S/C18H23N5O2/c1-18(2)8-9-22(10-14(18)13-6-4-3-5-7-13)15(24)11-23-12-20-17(21-23)16(19)25/h3-7,12,14H,8-11H2,1-2H3,(H2,19,25). The van der Waals surface area contributed by atoms with Gasteiger partial charge in [-0.25, -0.2) is 9.67 Å². The summed E-state index contributed by atoms with van der Waals surface area (Å²) in [5, 5.41) is 3.93. The van der Waals surface area contributed by atoms with Gasteiger partial charge in [0, 0.05) is 19.0 Å². The zero-order chi connectivity index (χ0) is 18.0. The van der Waals surface area contributed by atoms with Crippen molar-refractivity contribution in [2.75, 3.05) is 13.1 Å². The highest BCUT2D eigenvalue weighted by atomic mass is 16.2. The molecule has 1 aromatic carbocycles.